The quantitative estimate of drug-likeness (QED) is 0.702. The van der Waals surface area contributed by atoms with E-state index in [0.717, 1.165) is 11.3 Å². The van der Waals surface area contributed by atoms with Crippen molar-refractivity contribution in [1.29, 1.82) is 0 Å². The Morgan fingerprint density at radius 3 is 2.19 bits per heavy atom. The normalized spacial score (nSPS) is 10.9. The number of nitrogens with one attached hydrogen (secondary N) is 1. The third-order valence-corrected chi connectivity index (χ3v) is 5.67. The highest BCUT2D eigenvalue weighted by Crippen LogP contribution is 2.29. The fourth-order valence-corrected chi connectivity index (χ4v) is 3.64. The highest BCUT2D eigenvalue weighted by molar-refractivity contribution is 7.91. The van der Waals surface area contributed by atoms with Crippen LogP contribution < -0.4 is 19.5 Å². The van der Waals surface area contributed by atoms with Crippen LogP contribution in [0.1, 0.15) is 12.0 Å². The molecule has 0 radical (unpaired) electrons. The van der Waals surface area contributed by atoms with E-state index in [1.807, 2.05) is 12.1 Å². The summed E-state index contributed by atoms with van der Waals surface area (Å²) in [6.07, 6.45) is -0.132. The predicted molar refractivity (Wildman–Crippen MR) is 101 cm³/mol. The average molecular weight is 393 g/mol. The standard InChI is InChI=1S/C19H23NO6S/c1-24-15-6-4-14(5-7-15)13-20-19(21)10-11-27(22,23)16-8-9-17(25-2)18(12-16)26-3/h4-9,12H,10-11,13H2,1-3H3,(H,20,21). The molecule has 2 aromatic rings. The van der Waals surface area contributed by atoms with Crippen LogP contribution in [-0.4, -0.2) is 41.4 Å². The molecule has 0 atom stereocenters. The van der Waals surface area contributed by atoms with E-state index in [-0.39, 0.29) is 23.0 Å². The zero-order chi connectivity index (χ0) is 19.9. The first-order valence-corrected chi connectivity index (χ1v) is 9.89. The molecule has 0 unspecified atom stereocenters. The molecule has 1 N–H and O–H groups in total. The fourth-order valence-electron chi connectivity index (χ4n) is 2.39. The second-order valence-corrected chi connectivity index (χ2v) is 7.82. The molecule has 0 saturated carbocycles. The number of sulfone groups is 1. The van der Waals surface area contributed by atoms with Gasteiger partial charge in [0.25, 0.3) is 0 Å². The first-order chi connectivity index (χ1) is 12.9. The molecule has 0 aliphatic carbocycles. The average Bonchev–Trinajstić information content (AvgIpc) is 2.70. The van der Waals surface area contributed by atoms with E-state index in [2.05, 4.69) is 5.32 Å². The van der Waals surface area contributed by atoms with Crippen LogP contribution in [0.5, 0.6) is 17.2 Å². The minimum absolute atomic E-state index is 0.0862. The molecule has 0 aliphatic rings. The fraction of sp³-hybridized carbons (Fsp3) is 0.316. The van der Waals surface area contributed by atoms with Gasteiger partial charge in [0, 0.05) is 19.0 Å². The van der Waals surface area contributed by atoms with Gasteiger partial charge < -0.3 is 19.5 Å². The number of methoxy groups -OCH3 is 3. The van der Waals surface area contributed by atoms with Gasteiger partial charge in [-0.2, -0.15) is 0 Å². The summed E-state index contributed by atoms with van der Waals surface area (Å²) in [4.78, 5) is 12.1. The zero-order valence-corrected chi connectivity index (χ0v) is 16.3. The number of amides is 1. The van der Waals surface area contributed by atoms with Crippen LogP contribution in [0.4, 0.5) is 0 Å². The van der Waals surface area contributed by atoms with Crippen LogP contribution in [0.25, 0.3) is 0 Å². The lowest BCUT2D eigenvalue weighted by atomic mass is 10.2. The lowest BCUT2D eigenvalue weighted by Gasteiger charge is -2.10. The minimum Gasteiger partial charge on any atom is -0.497 e. The smallest absolute Gasteiger partial charge is 0.221 e. The molecular weight excluding hydrogens is 370 g/mol. The van der Waals surface area contributed by atoms with Gasteiger partial charge in [0.2, 0.25) is 5.91 Å². The van der Waals surface area contributed by atoms with Crippen LogP contribution >= 0.6 is 0 Å². The van der Waals surface area contributed by atoms with Crippen LogP contribution in [-0.2, 0) is 21.2 Å². The summed E-state index contributed by atoms with van der Waals surface area (Å²) in [6.45, 7) is 0.319. The van der Waals surface area contributed by atoms with E-state index in [9.17, 15) is 13.2 Å². The molecule has 0 aromatic heterocycles. The lowest BCUT2D eigenvalue weighted by molar-refractivity contribution is -0.120. The Bertz CT molecular complexity index is 878. The molecule has 0 bridgehead atoms. The predicted octanol–water partition coefficient (Wildman–Crippen LogP) is 2.19. The summed E-state index contributed by atoms with van der Waals surface area (Å²) < 4.78 is 40.2. The van der Waals surface area contributed by atoms with Crippen molar-refractivity contribution in [1.82, 2.24) is 5.32 Å². The Balaban J connectivity index is 1.92. The van der Waals surface area contributed by atoms with Gasteiger partial charge in [-0.25, -0.2) is 8.42 Å². The van der Waals surface area contributed by atoms with Crippen molar-refractivity contribution in [3.63, 3.8) is 0 Å². The Hall–Kier alpha value is -2.74. The Labute approximate surface area is 159 Å². The van der Waals surface area contributed by atoms with Crippen molar-refractivity contribution >= 4 is 15.7 Å². The van der Waals surface area contributed by atoms with Gasteiger partial charge in [-0.05, 0) is 29.8 Å². The molecule has 2 aromatic carbocycles. The van der Waals surface area contributed by atoms with Gasteiger partial charge in [-0.15, -0.1) is 0 Å². The van der Waals surface area contributed by atoms with Crippen LogP contribution in [0.3, 0.4) is 0 Å². The first-order valence-electron chi connectivity index (χ1n) is 8.24. The summed E-state index contributed by atoms with van der Waals surface area (Å²) in [6, 6.07) is 11.6. The van der Waals surface area contributed by atoms with Crippen molar-refractivity contribution in [2.45, 2.75) is 17.9 Å². The number of ether oxygens (including phenoxy) is 3. The van der Waals surface area contributed by atoms with Crippen molar-refractivity contribution < 1.29 is 27.4 Å². The van der Waals surface area contributed by atoms with E-state index in [1.165, 1.54) is 32.4 Å². The number of hydrogen-bond acceptors (Lipinski definition) is 6. The maximum atomic E-state index is 12.5. The minimum atomic E-state index is -3.62. The monoisotopic (exact) mass is 393 g/mol. The largest absolute Gasteiger partial charge is 0.497 e. The lowest BCUT2D eigenvalue weighted by Crippen LogP contribution is -2.25. The Morgan fingerprint density at radius 2 is 1.59 bits per heavy atom. The van der Waals surface area contributed by atoms with E-state index in [1.54, 1.807) is 19.2 Å². The summed E-state index contributed by atoms with van der Waals surface area (Å²) >= 11 is 0. The van der Waals surface area contributed by atoms with Gasteiger partial charge in [0.1, 0.15) is 5.75 Å². The summed E-state index contributed by atoms with van der Waals surface area (Å²) in [5.41, 5.74) is 0.895. The molecule has 0 spiro atoms. The third kappa shape index (κ3) is 5.62. The second-order valence-electron chi connectivity index (χ2n) is 5.71. The molecule has 8 heteroatoms. The number of benzene rings is 2. The van der Waals surface area contributed by atoms with E-state index in [0.29, 0.717) is 18.0 Å². The van der Waals surface area contributed by atoms with Crippen LogP contribution in [0.15, 0.2) is 47.4 Å². The number of carbonyl (C=O) groups excluding carboxylic acids is 1. The Kier molecular flexibility index (Phi) is 7.06. The molecule has 7 nitrogen and oxygen atoms in total. The maximum Gasteiger partial charge on any atom is 0.221 e. The van der Waals surface area contributed by atoms with Crippen molar-refractivity contribution in [2.75, 3.05) is 27.1 Å². The Morgan fingerprint density at radius 1 is 0.926 bits per heavy atom. The van der Waals surface area contributed by atoms with Gasteiger partial charge in [0.05, 0.1) is 32.0 Å². The molecular formula is C19H23NO6S. The SMILES string of the molecule is COc1ccc(CNC(=O)CCS(=O)(=O)c2ccc(OC)c(OC)c2)cc1. The van der Waals surface area contributed by atoms with Crippen molar-refractivity contribution in [3.05, 3.63) is 48.0 Å². The molecule has 0 heterocycles. The second kappa shape index (κ2) is 9.27. The molecule has 1 amide bonds. The highest BCUT2D eigenvalue weighted by atomic mass is 32.2. The van der Waals surface area contributed by atoms with Gasteiger partial charge in [-0.3, -0.25) is 4.79 Å². The van der Waals surface area contributed by atoms with E-state index >= 15 is 0 Å². The summed E-state index contributed by atoms with van der Waals surface area (Å²) in [5.74, 6) is 0.855. The molecule has 2 rings (SSSR count). The van der Waals surface area contributed by atoms with Gasteiger partial charge in [-0.1, -0.05) is 12.1 Å². The molecule has 0 saturated heterocycles. The highest BCUT2D eigenvalue weighted by Gasteiger charge is 2.18. The van der Waals surface area contributed by atoms with Crippen LogP contribution in [0.2, 0.25) is 0 Å². The maximum absolute atomic E-state index is 12.5. The number of rotatable bonds is 9. The van der Waals surface area contributed by atoms with Gasteiger partial charge in [0.15, 0.2) is 21.3 Å². The molecule has 0 aliphatic heterocycles. The van der Waals surface area contributed by atoms with E-state index < -0.39 is 9.84 Å². The first kappa shape index (κ1) is 20.6. The number of hydrogen-bond donors (Lipinski definition) is 1. The van der Waals surface area contributed by atoms with E-state index in [4.69, 9.17) is 14.2 Å². The van der Waals surface area contributed by atoms with Crippen molar-refractivity contribution in [3.8, 4) is 17.2 Å². The molecule has 27 heavy (non-hydrogen) atoms. The number of carbonyl (C=O) groups is 1. The topological polar surface area (TPSA) is 90.9 Å². The molecule has 0 fully saturated rings. The summed E-state index contributed by atoms with van der Waals surface area (Å²) in [7, 11) is 0.864. The third-order valence-electron chi connectivity index (χ3n) is 3.96. The van der Waals surface area contributed by atoms with Crippen LogP contribution in [0, 0.1) is 0 Å². The zero-order valence-electron chi connectivity index (χ0n) is 15.5. The van der Waals surface area contributed by atoms with Crippen molar-refractivity contribution in [2.24, 2.45) is 0 Å². The summed E-state index contributed by atoms with van der Waals surface area (Å²) in [5, 5.41) is 2.71. The molecule has 146 valence electrons. The van der Waals surface area contributed by atoms with Gasteiger partial charge >= 0.3 is 0 Å².